The van der Waals surface area contributed by atoms with Gasteiger partial charge in [-0.15, -0.1) is 11.8 Å². The summed E-state index contributed by atoms with van der Waals surface area (Å²) in [6.45, 7) is 0. The predicted octanol–water partition coefficient (Wildman–Crippen LogP) is 3.01. The molecular weight excluding hydrogens is 178 g/mol. The maximum absolute atomic E-state index is 4.12. The molecule has 0 radical (unpaired) electrons. The molecule has 0 amide bonds. The Bertz CT molecular complexity index is 301. The Morgan fingerprint density at radius 3 is 2.54 bits per heavy atom. The molecule has 1 nitrogen and oxygen atoms in total. The van der Waals surface area contributed by atoms with Crippen molar-refractivity contribution in [3.63, 3.8) is 0 Å². The van der Waals surface area contributed by atoms with Crippen molar-refractivity contribution in [1.29, 1.82) is 0 Å². The summed E-state index contributed by atoms with van der Waals surface area (Å²) in [6, 6.07) is 10.5. The van der Waals surface area contributed by atoms with Gasteiger partial charge in [0.1, 0.15) is 0 Å². The lowest BCUT2D eigenvalue weighted by molar-refractivity contribution is 1.26. The van der Waals surface area contributed by atoms with Gasteiger partial charge in [-0.3, -0.25) is 4.99 Å². The second-order valence-electron chi connectivity index (χ2n) is 3.37. The molecule has 0 spiro atoms. The molecule has 13 heavy (non-hydrogen) atoms. The van der Waals surface area contributed by atoms with Crippen molar-refractivity contribution < 1.29 is 0 Å². The third-order valence-corrected chi connectivity index (χ3v) is 3.60. The van der Waals surface area contributed by atoms with Gasteiger partial charge in [0, 0.05) is 18.2 Å². The molecular formula is C11H13NS. The Labute approximate surface area is 83.3 Å². The molecule has 1 aliphatic rings. The minimum atomic E-state index is 0.329. The number of nitrogens with zero attached hydrogens (tertiary/aromatic N) is 1. The quantitative estimate of drug-likeness (QED) is 0.669. The van der Waals surface area contributed by atoms with E-state index in [0.29, 0.717) is 4.75 Å². The molecule has 0 saturated heterocycles. The highest BCUT2D eigenvalue weighted by Crippen LogP contribution is 2.50. The minimum Gasteiger partial charge on any atom is -0.299 e. The standard InChI is InChI=1S/C11H13NS/c1-12-9-11(7-8-11)13-10-5-3-2-4-6-10/h2-6,9H,7-8H2,1H3. The Kier molecular flexibility index (Phi) is 2.40. The highest BCUT2D eigenvalue weighted by atomic mass is 32.2. The number of thioether (sulfide) groups is 1. The van der Waals surface area contributed by atoms with E-state index in [1.165, 1.54) is 17.7 Å². The van der Waals surface area contributed by atoms with E-state index in [1.54, 1.807) is 0 Å². The van der Waals surface area contributed by atoms with Crippen LogP contribution in [0.1, 0.15) is 12.8 Å². The van der Waals surface area contributed by atoms with Gasteiger partial charge >= 0.3 is 0 Å². The van der Waals surface area contributed by atoms with Gasteiger partial charge < -0.3 is 0 Å². The van der Waals surface area contributed by atoms with Crippen molar-refractivity contribution in [2.45, 2.75) is 22.5 Å². The molecule has 1 fully saturated rings. The first-order valence-electron chi connectivity index (χ1n) is 4.52. The molecule has 2 rings (SSSR count). The normalized spacial score (nSPS) is 19.2. The van der Waals surface area contributed by atoms with Gasteiger partial charge in [0.2, 0.25) is 0 Å². The van der Waals surface area contributed by atoms with Gasteiger partial charge in [-0.2, -0.15) is 0 Å². The van der Waals surface area contributed by atoms with Crippen molar-refractivity contribution in [3.05, 3.63) is 30.3 Å². The predicted molar refractivity (Wildman–Crippen MR) is 58.7 cm³/mol. The van der Waals surface area contributed by atoms with E-state index in [-0.39, 0.29) is 0 Å². The lowest BCUT2D eigenvalue weighted by atomic mass is 10.4. The zero-order chi connectivity index (χ0) is 9.15. The number of hydrogen-bond acceptors (Lipinski definition) is 2. The molecule has 0 atom stereocenters. The van der Waals surface area contributed by atoms with Gasteiger partial charge in [0.25, 0.3) is 0 Å². The van der Waals surface area contributed by atoms with Crippen LogP contribution in [0, 0.1) is 0 Å². The zero-order valence-electron chi connectivity index (χ0n) is 7.73. The fraction of sp³-hybridized carbons (Fsp3) is 0.364. The van der Waals surface area contributed by atoms with Gasteiger partial charge in [-0.05, 0) is 25.0 Å². The highest BCUT2D eigenvalue weighted by Gasteiger charge is 2.41. The van der Waals surface area contributed by atoms with E-state index >= 15 is 0 Å². The first-order valence-corrected chi connectivity index (χ1v) is 5.34. The first kappa shape index (κ1) is 8.82. The van der Waals surface area contributed by atoms with Crippen LogP contribution in [-0.4, -0.2) is 18.0 Å². The van der Waals surface area contributed by atoms with Crippen LogP contribution in [0.5, 0.6) is 0 Å². The monoisotopic (exact) mass is 191 g/mol. The average molecular weight is 191 g/mol. The Morgan fingerprint density at radius 2 is 2.00 bits per heavy atom. The molecule has 1 aliphatic carbocycles. The van der Waals surface area contributed by atoms with Crippen molar-refractivity contribution >= 4 is 18.0 Å². The van der Waals surface area contributed by atoms with Crippen molar-refractivity contribution in [3.8, 4) is 0 Å². The average Bonchev–Trinajstić information content (AvgIpc) is 2.87. The number of rotatable bonds is 3. The smallest absolute Gasteiger partial charge is 0.0555 e. The van der Waals surface area contributed by atoms with Crippen molar-refractivity contribution in [2.75, 3.05) is 7.05 Å². The van der Waals surface area contributed by atoms with Crippen molar-refractivity contribution in [1.82, 2.24) is 0 Å². The summed E-state index contributed by atoms with van der Waals surface area (Å²) in [6.07, 6.45) is 4.62. The maximum atomic E-state index is 4.12. The summed E-state index contributed by atoms with van der Waals surface area (Å²) < 4.78 is 0.329. The Morgan fingerprint density at radius 1 is 1.31 bits per heavy atom. The molecule has 68 valence electrons. The lowest BCUT2D eigenvalue weighted by Crippen LogP contribution is -2.03. The van der Waals surface area contributed by atoms with Gasteiger partial charge in [0.05, 0.1) is 4.75 Å². The van der Waals surface area contributed by atoms with Crippen molar-refractivity contribution in [2.24, 2.45) is 4.99 Å². The summed E-state index contributed by atoms with van der Waals surface area (Å²) in [5.41, 5.74) is 0. The van der Waals surface area contributed by atoms with Crippen LogP contribution in [-0.2, 0) is 0 Å². The summed E-state index contributed by atoms with van der Waals surface area (Å²) in [5.74, 6) is 0. The molecule has 1 aromatic rings. The molecule has 0 unspecified atom stereocenters. The molecule has 1 aromatic carbocycles. The second-order valence-corrected chi connectivity index (χ2v) is 4.86. The van der Waals surface area contributed by atoms with Crippen LogP contribution in [0.3, 0.4) is 0 Å². The molecule has 0 bridgehead atoms. The lowest BCUT2D eigenvalue weighted by Gasteiger charge is -2.07. The second kappa shape index (κ2) is 3.54. The van der Waals surface area contributed by atoms with Gasteiger partial charge in [-0.25, -0.2) is 0 Å². The summed E-state index contributed by atoms with van der Waals surface area (Å²) in [7, 11) is 1.85. The van der Waals surface area contributed by atoms with E-state index in [2.05, 4.69) is 41.5 Å². The van der Waals surface area contributed by atoms with E-state index < -0.39 is 0 Å². The van der Waals surface area contributed by atoms with Crippen LogP contribution >= 0.6 is 11.8 Å². The number of benzene rings is 1. The molecule has 0 aromatic heterocycles. The van der Waals surface area contributed by atoms with Crippen LogP contribution < -0.4 is 0 Å². The summed E-state index contributed by atoms with van der Waals surface area (Å²) >= 11 is 1.93. The van der Waals surface area contributed by atoms with Crippen LogP contribution in [0.25, 0.3) is 0 Å². The SMILES string of the molecule is CN=CC1(Sc2ccccc2)CC1. The molecule has 0 aliphatic heterocycles. The van der Waals surface area contributed by atoms with Gasteiger partial charge in [0.15, 0.2) is 0 Å². The van der Waals surface area contributed by atoms with E-state index in [1.807, 2.05) is 18.8 Å². The summed E-state index contributed by atoms with van der Waals surface area (Å²) in [4.78, 5) is 5.47. The molecule has 0 N–H and O–H groups in total. The van der Waals surface area contributed by atoms with Crippen LogP contribution in [0.15, 0.2) is 40.2 Å². The van der Waals surface area contributed by atoms with Crippen LogP contribution in [0.2, 0.25) is 0 Å². The van der Waals surface area contributed by atoms with E-state index in [0.717, 1.165) is 0 Å². The van der Waals surface area contributed by atoms with E-state index in [4.69, 9.17) is 0 Å². The fourth-order valence-electron chi connectivity index (χ4n) is 1.34. The highest BCUT2D eigenvalue weighted by molar-refractivity contribution is 8.01. The number of hydrogen-bond donors (Lipinski definition) is 0. The topological polar surface area (TPSA) is 12.4 Å². The third kappa shape index (κ3) is 2.13. The molecule has 0 heterocycles. The Balaban J connectivity index is 2.06. The van der Waals surface area contributed by atoms with E-state index in [9.17, 15) is 0 Å². The minimum absolute atomic E-state index is 0.329. The van der Waals surface area contributed by atoms with Crippen LogP contribution in [0.4, 0.5) is 0 Å². The maximum Gasteiger partial charge on any atom is 0.0555 e. The summed E-state index contributed by atoms with van der Waals surface area (Å²) in [5, 5.41) is 0. The molecule has 2 heteroatoms. The largest absolute Gasteiger partial charge is 0.299 e. The number of aliphatic imine (C=N–C) groups is 1. The Hall–Kier alpha value is -0.760. The molecule has 1 saturated carbocycles. The fourth-order valence-corrected chi connectivity index (χ4v) is 2.57. The third-order valence-electron chi connectivity index (χ3n) is 2.17. The zero-order valence-corrected chi connectivity index (χ0v) is 8.55. The van der Waals surface area contributed by atoms with Gasteiger partial charge in [-0.1, -0.05) is 18.2 Å². The first-order chi connectivity index (χ1) is 6.35.